The molecule has 0 unspecified atom stereocenters. The molecule has 0 atom stereocenters. The van der Waals surface area contributed by atoms with E-state index in [1.807, 2.05) is 0 Å². The van der Waals surface area contributed by atoms with Crippen LogP contribution in [-0.4, -0.2) is 16.2 Å². The zero-order valence-electron chi connectivity index (χ0n) is 5.82. The van der Waals surface area contributed by atoms with Crippen LogP contribution in [-0.2, 0) is 4.79 Å². The predicted octanol–water partition coefficient (Wildman–Crippen LogP) is 1.40. The highest BCUT2D eigenvalue weighted by molar-refractivity contribution is 5.91. The third kappa shape index (κ3) is 1.70. The summed E-state index contributed by atoms with van der Waals surface area (Å²) in [6, 6.07) is 0. The molecule has 0 fully saturated rings. The Kier molecular flexibility index (Phi) is 2.11. The van der Waals surface area contributed by atoms with Crippen LogP contribution >= 0.6 is 0 Å². The highest BCUT2D eigenvalue weighted by atomic mass is 16.4. The Morgan fingerprint density at radius 1 is 1.55 bits per heavy atom. The topological polar surface area (TPSA) is 57.5 Å². The molecule has 0 radical (unpaired) electrons. The van der Waals surface area contributed by atoms with Crippen LogP contribution in [0.5, 0.6) is 0 Å². The van der Waals surface area contributed by atoms with E-state index in [-0.39, 0.29) is 11.3 Å². The van der Waals surface area contributed by atoms with Gasteiger partial charge in [-0.1, -0.05) is 12.2 Å². The number of allylic oxidation sites excluding steroid dienone is 4. The molecule has 3 nitrogen and oxygen atoms in total. The fourth-order valence-electron chi connectivity index (χ4n) is 0.799. The van der Waals surface area contributed by atoms with Crippen molar-refractivity contribution in [3.8, 4) is 0 Å². The highest BCUT2D eigenvalue weighted by Gasteiger charge is 2.11. The van der Waals surface area contributed by atoms with E-state index in [2.05, 4.69) is 0 Å². The second-order valence-electron chi connectivity index (χ2n) is 2.14. The van der Waals surface area contributed by atoms with E-state index >= 15 is 0 Å². The molecule has 0 heterocycles. The summed E-state index contributed by atoms with van der Waals surface area (Å²) < 4.78 is 0. The lowest BCUT2D eigenvalue weighted by molar-refractivity contribution is -0.132. The Balaban J connectivity index is 2.98. The van der Waals surface area contributed by atoms with Gasteiger partial charge in [-0.3, -0.25) is 0 Å². The lowest BCUT2D eigenvalue weighted by Crippen LogP contribution is -2.02. The fraction of sp³-hybridized carbons (Fsp3) is 0.125. The molecule has 2 N–H and O–H groups in total. The van der Waals surface area contributed by atoms with E-state index < -0.39 is 5.97 Å². The van der Waals surface area contributed by atoms with Crippen LogP contribution in [0.2, 0.25) is 0 Å². The third-order valence-corrected chi connectivity index (χ3v) is 1.35. The smallest absolute Gasteiger partial charge is 0.339 e. The van der Waals surface area contributed by atoms with Crippen molar-refractivity contribution < 1.29 is 15.0 Å². The summed E-state index contributed by atoms with van der Waals surface area (Å²) in [5, 5.41) is 17.6. The molecular formula is C8H8O3. The van der Waals surface area contributed by atoms with E-state index in [9.17, 15) is 4.79 Å². The van der Waals surface area contributed by atoms with Gasteiger partial charge in [0.05, 0.1) is 0 Å². The normalized spacial score (nSPS) is 16.7. The van der Waals surface area contributed by atoms with Crippen molar-refractivity contribution in [2.45, 2.75) is 6.42 Å². The van der Waals surface area contributed by atoms with Crippen LogP contribution < -0.4 is 0 Å². The number of rotatable bonds is 1. The number of aliphatic carboxylic acids is 1. The second-order valence-corrected chi connectivity index (χ2v) is 2.14. The Labute approximate surface area is 64.0 Å². The predicted molar refractivity (Wildman–Crippen MR) is 40.2 cm³/mol. The van der Waals surface area contributed by atoms with E-state index in [1.165, 1.54) is 12.2 Å². The van der Waals surface area contributed by atoms with Gasteiger partial charge < -0.3 is 10.2 Å². The summed E-state index contributed by atoms with van der Waals surface area (Å²) in [5.41, 5.74) is -0.0567. The SMILES string of the molecule is O=C(O)C1=CC=CCC=C1O. The zero-order chi connectivity index (χ0) is 8.27. The standard InChI is InChI=1S/C8H8O3/c9-7-5-3-1-2-4-6(7)8(10)11/h1-2,4-5,9H,3H2,(H,10,11). The third-order valence-electron chi connectivity index (χ3n) is 1.35. The van der Waals surface area contributed by atoms with Crippen molar-refractivity contribution >= 4 is 5.97 Å². The number of hydrogen-bond acceptors (Lipinski definition) is 2. The van der Waals surface area contributed by atoms with Crippen LogP contribution in [0.4, 0.5) is 0 Å². The van der Waals surface area contributed by atoms with Gasteiger partial charge in [-0.2, -0.15) is 0 Å². The van der Waals surface area contributed by atoms with Crippen LogP contribution in [0.3, 0.4) is 0 Å². The first-order valence-electron chi connectivity index (χ1n) is 3.21. The van der Waals surface area contributed by atoms with E-state index in [1.54, 1.807) is 12.2 Å². The van der Waals surface area contributed by atoms with Gasteiger partial charge in [-0.05, 0) is 18.6 Å². The zero-order valence-corrected chi connectivity index (χ0v) is 5.82. The van der Waals surface area contributed by atoms with Crippen molar-refractivity contribution in [2.75, 3.05) is 0 Å². The Morgan fingerprint density at radius 3 is 2.91 bits per heavy atom. The van der Waals surface area contributed by atoms with Crippen molar-refractivity contribution in [2.24, 2.45) is 0 Å². The summed E-state index contributed by atoms with van der Waals surface area (Å²) in [6.07, 6.45) is 6.79. The summed E-state index contributed by atoms with van der Waals surface area (Å²) in [5.74, 6) is -1.27. The number of hydrogen-bond donors (Lipinski definition) is 2. The first kappa shape index (κ1) is 7.60. The van der Waals surface area contributed by atoms with Gasteiger partial charge in [-0.25, -0.2) is 4.79 Å². The van der Waals surface area contributed by atoms with Gasteiger partial charge in [0.25, 0.3) is 0 Å². The molecule has 0 amide bonds. The average molecular weight is 152 g/mol. The Hall–Kier alpha value is -1.51. The summed E-state index contributed by atoms with van der Waals surface area (Å²) >= 11 is 0. The number of carboxylic acids is 1. The molecule has 3 heteroatoms. The maximum atomic E-state index is 10.4. The molecule has 0 saturated heterocycles. The van der Waals surface area contributed by atoms with Crippen molar-refractivity contribution in [3.63, 3.8) is 0 Å². The molecule has 0 aromatic heterocycles. The van der Waals surface area contributed by atoms with Gasteiger partial charge >= 0.3 is 5.97 Å². The van der Waals surface area contributed by atoms with Gasteiger partial charge in [0, 0.05) is 0 Å². The molecule has 0 bridgehead atoms. The molecule has 0 aliphatic heterocycles. The van der Waals surface area contributed by atoms with Gasteiger partial charge in [0.15, 0.2) is 0 Å². The Morgan fingerprint density at radius 2 is 2.27 bits per heavy atom. The summed E-state index contributed by atoms with van der Waals surface area (Å²) in [6.45, 7) is 0. The first-order valence-corrected chi connectivity index (χ1v) is 3.21. The minimum atomic E-state index is -1.11. The van der Waals surface area contributed by atoms with Gasteiger partial charge in [-0.15, -0.1) is 0 Å². The number of carboxylic acid groups (broad SMARTS) is 1. The summed E-state index contributed by atoms with van der Waals surface area (Å²) in [7, 11) is 0. The van der Waals surface area contributed by atoms with Crippen LogP contribution in [0.1, 0.15) is 6.42 Å². The lowest BCUT2D eigenvalue weighted by Gasteiger charge is -1.96. The lowest BCUT2D eigenvalue weighted by atomic mass is 10.2. The maximum Gasteiger partial charge on any atom is 0.339 e. The highest BCUT2D eigenvalue weighted by Crippen LogP contribution is 2.11. The fourth-order valence-corrected chi connectivity index (χ4v) is 0.799. The van der Waals surface area contributed by atoms with E-state index in [4.69, 9.17) is 10.2 Å². The molecule has 0 spiro atoms. The molecule has 1 aliphatic carbocycles. The maximum absolute atomic E-state index is 10.4. The van der Waals surface area contributed by atoms with E-state index in [0.717, 1.165) is 0 Å². The quantitative estimate of drug-likeness (QED) is 0.597. The monoisotopic (exact) mass is 152 g/mol. The largest absolute Gasteiger partial charge is 0.507 e. The minimum absolute atomic E-state index is 0.0567. The molecular weight excluding hydrogens is 144 g/mol. The van der Waals surface area contributed by atoms with Gasteiger partial charge in [0.2, 0.25) is 0 Å². The molecule has 0 aromatic carbocycles. The summed E-state index contributed by atoms with van der Waals surface area (Å²) in [4.78, 5) is 10.4. The van der Waals surface area contributed by atoms with Crippen LogP contribution in [0, 0.1) is 0 Å². The van der Waals surface area contributed by atoms with Crippen LogP contribution in [0.25, 0.3) is 0 Å². The second kappa shape index (κ2) is 3.05. The average Bonchev–Trinajstić information content (AvgIpc) is 2.13. The van der Waals surface area contributed by atoms with Crippen LogP contribution in [0.15, 0.2) is 35.6 Å². The van der Waals surface area contributed by atoms with Crippen molar-refractivity contribution in [1.82, 2.24) is 0 Å². The van der Waals surface area contributed by atoms with Crippen molar-refractivity contribution in [1.29, 1.82) is 0 Å². The number of aliphatic hydroxyl groups excluding tert-OH is 1. The molecule has 0 saturated carbocycles. The van der Waals surface area contributed by atoms with Crippen molar-refractivity contribution in [3.05, 3.63) is 35.6 Å². The number of aliphatic hydroxyl groups is 1. The molecule has 1 rings (SSSR count). The first-order chi connectivity index (χ1) is 5.22. The molecule has 0 aromatic rings. The molecule has 1 aliphatic rings. The van der Waals surface area contributed by atoms with Gasteiger partial charge in [0.1, 0.15) is 11.3 Å². The van der Waals surface area contributed by atoms with E-state index in [0.29, 0.717) is 6.42 Å². The number of carbonyl (C=O) groups is 1. The minimum Gasteiger partial charge on any atom is -0.507 e. The Bertz CT molecular complexity index is 259. The molecule has 58 valence electrons. The molecule has 11 heavy (non-hydrogen) atoms.